The molecular formula is C9H20N2O2. The van der Waals surface area contributed by atoms with Crippen LogP contribution in [0.4, 0.5) is 0 Å². The summed E-state index contributed by atoms with van der Waals surface area (Å²) in [5.74, 6) is -0.312. The monoisotopic (exact) mass is 188 g/mol. The fourth-order valence-electron chi connectivity index (χ4n) is 0.727. The van der Waals surface area contributed by atoms with Crippen LogP contribution >= 0.6 is 0 Å². The molecule has 0 rings (SSSR count). The van der Waals surface area contributed by atoms with Crippen molar-refractivity contribution in [3.63, 3.8) is 0 Å². The highest BCUT2D eigenvalue weighted by Crippen LogP contribution is 2.06. The van der Waals surface area contributed by atoms with Gasteiger partial charge in [-0.3, -0.25) is 4.79 Å². The third-order valence-electron chi connectivity index (χ3n) is 2.04. The number of primary amides is 1. The lowest BCUT2D eigenvalue weighted by molar-refractivity contribution is -0.119. The van der Waals surface area contributed by atoms with Gasteiger partial charge in [0.1, 0.15) is 0 Å². The summed E-state index contributed by atoms with van der Waals surface area (Å²) < 4.78 is 5.24. The second kappa shape index (κ2) is 5.94. The number of amides is 1. The molecule has 0 bridgehead atoms. The highest BCUT2D eigenvalue weighted by atomic mass is 16.5. The SMILES string of the molecule is CNC(C)(C)CCOCCC(N)=O. The number of nitrogens with two attached hydrogens (primary N) is 1. The fourth-order valence-corrected chi connectivity index (χ4v) is 0.727. The van der Waals surface area contributed by atoms with Crippen LogP contribution in [0.1, 0.15) is 26.7 Å². The van der Waals surface area contributed by atoms with Crippen molar-refractivity contribution in [1.82, 2.24) is 5.32 Å². The van der Waals surface area contributed by atoms with Gasteiger partial charge in [0.15, 0.2) is 0 Å². The van der Waals surface area contributed by atoms with E-state index in [1.807, 2.05) is 7.05 Å². The molecule has 3 N–H and O–H groups in total. The highest BCUT2D eigenvalue weighted by molar-refractivity contribution is 5.73. The predicted octanol–water partition coefficient (Wildman–Crippen LogP) is 0.267. The minimum Gasteiger partial charge on any atom is -0.381 e. The Morgan fingerprint density at radius 2 is 2.08 bits per heavy atom. The van der Waals surface area contributed by atoms with E-state index in [2.05, 4.69) is 19.2 Å². The third-order valence-corrected chi connectivity index (χ3v) is 2.04. The topological polar surface area (TPSA) is 64.3 Å². The van der Waals surface area contributed by atoms with Gasteiger partial charge in [0, 0.05) is 18.6 Å². The Hall–Kier alpha value is -0.610. The lowest BCUT2D eigenvalue weighted by Crippen LogP contribution is -2.37. The van der Waals surface area contributed by atoms with Gasteiger partial charge in [0.25, 0.3) is 0 Å². The molecule has 1 amide bonds. The minimum absolute atomic E-state index is 0.0900. The smallest absolute Gasteiger partial charge is 0.219 e. The maximum absolute atomic E-state index is 10.3. The molecule has 4 heteroatoms. The van der Waals surface area contributed by atoms with Crippen molar-refractivity contribution in [2.75, 3.05) is 20.3 Å². The molecule has 0 unspecified atom stereocenters. The zero-order valence-electron chi connectivity index (χ0n) is 8.72. The molecule has 0 saturated carbocycles. The van der Waals surface area contributed by atoms with E-state index in [0.29, 0.717) is 19.6 Å². The van der Waals surface area contributed by atoms with Gasteiger partial charge in [-0.25, -0.2) is 0 Å². The van der Waals surface area contributed by atoms with Gasteiger partial charge in [-0.15, -0.1) is 0 Å². The summed E-state index contributed by atoms with van der Waals surface area (Å²) in [4.78, 5) is 10.3. The van der Waals surface area contributed by atoms with Crippen LogP contribution in [0.5, 0.6) is 0 Å². The first-order valence-corrected chi connectivity index (χ1v) is 4.53. The second-order valence-corrected chi connectivity index (χ2v) is 3.71. The van der Waals surface area contributed by atoms with Gasteiger partial charge in [-0.05, 0) is 27.3 Å². The summed E-state index contributed by atoms with van der Waals surface area (Å²) in [5.41, 5.74) is 5.05. The molecule has 0 aliphatic rings. The van der Waals surface area contributed by atoms with Crippen molar-refractivity contribution < 1.29 is 9.53 Å². The summed E-state index contributed by atoms with van der Waals surface area (Å²) >= 11 is 0. The summed E-state index contributed by atoms with van der Waals surface area (Å²) in [6, 6.07) is 0. The lowest BCUT2D eigenvalue weighted by atomic mass is 10.0. The zero-order chi connectivity index (χ0) is 10.3. The summed E-state index contributed by atoms with van der Waals surface area (Å²) in [6.45, 7) is 5.28. The first kappa shape index (κ1) is 12.4. The summed E-state index contributed by atoms with van der Waals surface area (Å²) in [5, 5.41) is 3.17. The average molecular weight is 188 g/mol. The average Bonchev–Trinajstić information content (AvgIpc) is 2.03. The van der Waals surface area contributed by atoms with Gasteiger partial charge >= 0.3 is 0 Å². The van der Waals surface area contributed by atoms with E-state index in [1.54, 1.807) is 0 Å². The predicted molar refractivity (Wildman–Crippen MR) is 52.4 cm³/mol. The Morgan fingerprint density at radius 1 is 1.46 bits per heavy atom. The third kappa shape index (κ3) is 7.74. The number of carbonyl (C=O) groups excluding carboxylic acids is 1. The molecular weight excluding hydrogens is 168 g/mol. The van der Waals surface area contributed by atoms with E-state index in [9.17, 15) is 4.79 Å². The Balaban J connectivity index is 3.30. The Morgan fingerprint density at radius 3 is 2.54 bits per heavy atom. The number of hydrogen-bond donors (Lipinski definition) is 2. The van der Waals surface area contributed by atoms with Crippen LogP contribution in [0.15, 0.2) is 0 Å². The largest absolute Gasteiger partial charge is 0.381 e. The Kier molecular flexibility index (Phi) is 5.66. The standard InChI is InChI=1S/C9H20N2O2/c1-9(2,11-3)5-7-13-6-4-8(10)12/h11H,4-7H2,1-3H3,(H2,10,12). The normalized spacial score (nSPS) is 11.6. The van der Waals surface area contributed by atoms with Crippen LogP contribution in [0.25, 0.3) is 0 Å². The zero-order valence-corrected chi connectivity index (χ0v) is 8.72. The quantitative estimate of drug-likeness (QED) is 0.563. The van der Waals surface area contributed by atoms with Crippen molar-refractivity contribution in [3.05, 3.63) is 0 Å². The van der Waals surface area contributed by atoms with E-state index in [1.165, 1.54) is 0 Å². The fraction of sp³-hybridized carbons (Fsp3) is 0.889. The first-order chi connectivity index (χ1) is 5.98. The number of rotatable bonds is 7. The summed E-state index contributed by atoms with van der Waals surface area (Å²) in [6.07, 6.45) is 1.22. The van der Waals surface area contributed by atoms with Crippen LogP contribution < -0.4 is 11.1 Å². The molecule has 0 aliphatic heterocycles. The van der Waals surface area contributed by atoms with Crippen molar-refractivity contribution >= 4 is 5.91 Å². The van der Waals surface area contributed by atoms with Crippen LogP contribution in [0.2, 0.25) is 0 Å². The molecule has 0 aromatic rings. The van der Waals surface area contributed by atoms with E-state index in [-0.39, 0.29) is 11.4 Å². The van der Waals surface area contributed by atoms with Crippen molar-refractivity contribution in [2.45, 2.75) is 32.2 Å². The van der Waals surface area contributed by atoms with Crippen LogP contribution in [-0.4, -0.2) is 31.7 Å². The maximum Gasteiger partial charge on any atom is 0.219 e. The molecule has 4 nitrogen and oxygen atoms in total. The second-order valence-electron chi connectivity index (χ2n) is 3.71. The number of carbonyl (C=O) groups is 1. The van der Waals surface area contributed by atoms with Gasteiger partial charge in [-0.1, -0.05) is 0 Å². The highest BCUT2D eigenvalue weighted by Gasteiger charge is 2.13. The minimum atomic E-state index is -0.312. The van der Waals surface area contributed by atoms with Gasteiger partial charge < -0.3 is 15.8 Å². The first-order valence-electron chi connectivity index (χ1n) is 4.53. The molecule has 0 aromatic carbocycles. The van der Waals surface area contributed by atoms with Crippen molar-refractivity contribution in [2.24, 2.45) is 5.73 Å². The van der Waals surface area contributed by atoms with E-state index >= 15 is 0 Å². The van der Waals surface area contributed by atoms with E-state index < -0.39 is 0 Å². The molecule has 0 saturated heterocycles. The number of nitrogens with one attached hydrogen (secondary N) is 1. The molecule has 0 atom stereocenters. The molecule has 0 radical (unpaired) electrons. The van der Waals surface area contributed by atoms with E-state index in [0.717, 1.165) is 6.42 Å². The molecule has 13 heavy (non-hydrogen) atoms. The number of ether oxygens (including phenoxy) is 1. The number of hydrogen-bond acceptors (Lipinski definition) is 3. The Labute approximate surface area is 79.8 Å². The van der Waals surface area contributed by atoms with Crippen LogP contribution in [-0.2, 0) is 9.53 Å². The molecule has 78 valence electrons. The van der Waals surface area contributed by atoms with Crippen molar-refractivity contribution in [1.29, 1.82) is 0 Å². The van der Waals surface area contributed by atoms with Gasteiger partial charge in [0.05, 0.1) is 6.61 Å². The van der Waals surface area contributed by atoms with Crippen molar-refractivity contribution in [3.8, 4) is 0 Å². The molecule has 0 heterocycles. The molecule has 0 fully saturated rings. The van der Waals surface area contributed by atoms with Gasteiger partial charge in [0.2, 0.25) is 5.91 Å². The molecule has 0 aliphatic carbocycles. The van der Waals surface area contributed by atoms with E-state index in [4.69, 9.17) is 10.5 Å². The maximum atomic E-state index is 10.3. The van der Waals surface area contributed by atoms with Crippen LogP contribution in [0, 0.1) is 0 Å². The Bertz CT molecular complexity index is 158. The molecule has 0 aromatic heterocycles. The molecule has 0 spiro atoms. The summed E-state index contributed by atoms with van der Waals surface area (Å²) in [7, 11) is 1.92. The van der Waals surface area contributed by atoms with Crippen LogP contribution in [0.3, 0.4) is 0 Å². The van der Waals surface area contributed by atoms with Gasteiger partial charge in [-0.2, -0.15) is 0 Å². The lowest BCUT2D eigenvalue weighted by Gasteiger charge is -2.23.